The van der Waals surface area contributed by atoms with E-state index in [1.165, 1.54) is 5.56 Å². The van der Waals surface area contributed by atoms with E-state index in [9.17, 15) is 4.79 Å². The predicted molar refractivity (Wildman–Crippen MR) is 54.7 cm³/mol. The summed E-state index contributed by atoms with van der Waals surface area (Å²) in [6.45, 7) is 3.93. The summed E-state index contributed by atoms with van der Waals surface area (Å²) in [5.74, 6) is -0.106. The van der Waals surface area contributed by atoms with Crippen LogP contribution in [0.4, 0.5) is 5.69 Å². The molecule has 1 rings (SSSR count). The van der Waals surface area contributed by atoms with Gasteiger partial charge in [0.2, 0.25) is 0 Å². The number of rotatable bonds is 3. The second kappa shape index (κ2) is 4.08. The molecule has 1 aromatic carbocycles. The minimum atomic E-state index is -0.106. The normalized spacial score (nSPS) is 12.5. The molecular formula is C11H15NO. The maximum absolute atomic E-state index is 10.6. The Morgan fingerprint density at radius 3 is 2.69 bits per heavy atom. The van der Waals surface area contributed by atoms with Crippen molar-refractivity contribution in [3.05, 3.63) is 29.3 Å². The fraction of sp³-hybridized carbons (Fsp3) is 0.364. The molecule has 0 spiro atoms. The van der Waals surface area contributed by atoms with E-state index in [0.717, 1.165) is 24.0 Å². The highest BCUT2D eigenvalue weighted by Crippen LogP contribution is 2.21. The van der Waals surface area contributed by atoms with Crippen molar-refractivity contribution in [1.29, 1.82) is 0 Å². The maximum atomic E-state index is 10.6. The van der Waals surface area contributed by atoms with E-state index in [0.29, 0.717) is 0 Å². The van der Waals surface area contributed by atoms with Crippen LogP contribution in [0.15, 0.2) is 18.2 Å². The first kappa shape index (κ1) is 9.78. The van der Waals surface area contributed by atoms with Gasteiger partial charge >= 0.3 is 0 Å². The van der Waals surface area contributed by atoms with Gasteiger partial charge < -0.3 is 10.5 Å². The number of aldehydes is 1. The third-order valence-corrected chi connectivity index (χ3v) is 2.25. The fourth-order valence-corrected chi connectivity index (χ4v) is 1.33. The lowest BCUT2D eigenvalue weighted by Gasteiger charge is -2.09. The van der Waals surface area contributed by atoms with Crippen LogP contribution >= 0.6 is 0 Å². The molecule has 2 heteroatoms. The van der Waals surface area contributed by atoms with Crippen molar-refractivity contribution in [2.75, 3.05) is 5.73 Å². The molecule has 0 saturated carbocycles. The molecule has 70 valence electrons. The molecule has 2 nitrogen and oxygen atoms in total. The van der Waals surface area contributed by atoms with E-state index in [-0.39, 0.29) is 5.92 Å². The molecule has 0 amide bonds. The lowest BCUT2D eigenvalue weighted by atomic mass is 9.98. The van der Waals surface area contributed by atoms with Gasteiger partial charge in [0.25, 0.3) is 0 Å². The van der Waals surface area contributed by atoms with Crippen molar-refractivity contribution in [2.24, 2.45) is 0 Å². The number of nitrogen functional groups attached to an aromatic ring is 1. The molecule has 1 unspecified atom stereocenters. The fourth-order valence-electron chi connectivity index (χ4n) is 1.33. The zero-order chi connectivity index (χ0) is 9.84. The average Bonchev–Trinajstić information content (AvgIpc) is 2.16. The topological polar surface area (TPSA) is 43.1 Å². The van der Waals surface area contributed by atoms with E-state index in [1.807, 2.05) is 25.1 Å². The first-order chi connectivity index (χ1) is 6.19. The Morgan fingerprint density at radius 2 is 2.23 bits per heavy atom. The molecule has 0 aliphatic rings. The Hall–Kier alpha value is -1.31. The molecule has 1 atom stereocenters. The van der Waals surface area contributed by atoms with Crippen LogP contribution in [0.5, 0.6) is 0 Å². The SMILES string of the molecule is CCc1ccc(C(C)C=O)c(N)c1. The van der Waals surface area contributed by atoms with Gasteiger partial charge in [-0.25, -0.2) is 0 Å². The number of carbonyl (C=O) groups is 1. The van der Waals surface area contributed by atoms with E-state index >= 15 is 0 Å². The highest BCUT2D eigenvalue weighted by molar-refractivity contribution is 5.67. The maximum Gasteiger partial charge on any atom is 0.127 e. The third-order valence-electron chi connectivity index (χ3n) is 2.25. The molecule has 0 aromatic heterocycles. The largest absolute Gasteiger partial charge is 0.398 e. The minimum absolute atomic E-state index is 0.106. The zero-order valence-electron chi connectivity index (χ0n) is 8.08. The van der Waals surface area contributed by atoms with Gasteiger partial charge in [0.15, 0.2) is 0 Å². The first-order valence-corrected chi connectivity index (χ1v) is 4.52. The predicted octanol–water partition coefficient (Wildman–Crippen LogP) is 2.13. The minimum Gasteiger partial charge on any atom is -0.398 e. The Balaban J connectivity index is 3.04. The molecular weight excluding hydrogens is 162 g/mol. The zero-order valence-corrected chi connectivity index (χ0v) is 8.08. The quantitative estimate of drug-likeness (QED) is 0.567. The van der Waals surface area contributed by atoms with Crippen LogP contribution in [0.1, 0.15) is 30.9 Å². The van der Waals surface area contributed by atoms with Crippen molar-refractivity contribution >= 4 is 12.0 Å². The Morgan fingerprint density at radius 1 is 1.54 bits per heavy atom. The van der Waals surface area contributed by atoms with Gasteiger partial charge in [-0.1, -0.05) is 26.0 Å². The summed E-state index contributed by atoms with van der Waals surface area (Å²) in [6.07, 6.45) is 1.89. The number of aryl methyl sites for hydroxylation is 1. The standard InChI is InChI=1S/C11H15NO/c1-3-9-4-5-10(8(2)7-13)11(12)6-9/h4-8H,3,12H2,1-2H3. The summed E-state index contributed by atoms with van der Waals surface area (Å²) >= 11 is 0. The summed E-state index contributed by atoms with van der Waals surface area (Å²) in [5, 5.41) is 0. The highest BCUT2D eigenvalue weighted by Gasteiger charge is 2.07. The number of anilines is 1. The van der Waals surface area contributed by atoms with Crippen LogP contribution < -0.4 is 5.73 Å². The van der Waals surface area contributed by atoms with Crippen LogP contribution in [0.2, 0.25) is 0 Å². The Bertz CT molecular complexity index is 307. The molecule has 2 N–H and O–H groups in total. The highest BCUT2D eigenvalue weighted by atomic mass is 16.1. The van der Waals surface area contributed by atoms with Gasteiger partial charge in [-0.15, -0.1) is 0 Å². The Labute approximate surface area is 78.8 Å². The van der Waals surface area contributed by atoms with Gasteiger partial charge in [0.1, 0.15) is 6.29 Å². The average molecular weight is 177 g/mol. The molecule has 0 aliphatic heterocycles. The monoisotopic (exact) mass is 177 g/mol. The second-order valence-corrected chi connectivity index (χ2v) is 3.24. The van der Waals surface area contributed by atoms with E-state index in [2.05, 4.69) is 6.92 Å². The van der Waals surface area contributed by atoms with Crippen molar-refractivity contribution in [3.8, 4) is 0 Å². The van der Waals surface area contributed by atoms with Crippen LogP contribution in [-0.4, -0.2) is 6.29 Å². The van der Waals surface area contributed by atoms with Gasteiger partial charge in [-0.2, -0.15) is 0 Å². The van der Waals surface area contributed by atoms with Gasteiger partial charge in [0.05, 0.1) is 0 Å². The molecule has 0 fully saturated rings. The van der Waals surface area contributed by atoms with Crippen molar-refractivity contribution in [3.63, 3.8) is 0 Å². The molecule has 0 radical (unpaired) electrons. The summed E-state index contributed by atoms with van der Waals surface area (Å²) < 4.78 is 0. The lowest BCUT2D eigenvalue weighted by molar-refractivity contribution is -0.108. The van der Waals surface area contributed by atoms with Crippen molar-refractivity contribution in [1.82, 2.24) is 0 Å². The molecule has 0 bridgehead atoms. The van der Waals surface area contributed by atoms with Crippen molar-refractivity contribution < 1.29 is 4.79 Å². The van der Waals surface area contributed by atoms with Crippen LogP contribution in [0.25, 0.3) is 0 Å². The number of benzene rings is 1. The van der Waals surface area contributed by atoms with Crippen LogP contribution in [0.3, 0.4) is 0 Å². The smallest absolute Gasteiger partial charge is 0.127 e. The molecule has 0 heterocycles. The second-order valence-electron chi connectivity index (χ2n) is 3.24. The first-order valence-electron chi connectivity index (χ1n) is 4.52. The van der Waals surface area contributed by atoms with E-state index in [4.69, 9.17) is 5.73 Å². The number of hydrogen-bond donors (Lipinski definition) is 1. The van der Waals surface area contributed by atoms with E-state index < -0.39 is 0 Å². The summed E-state index contributed by atoms with van der Waals surface area (Å²) in [5.41, 5.74) is 8.67. The third kappa shape index (κ3) is 2.08. The van der Waals surface area contributed by atoms with E-state index in [1.54, 1.807) is 0 Å². The molecule has 13 heavy (non-hydrogen) atoms. The molecule has 0 aliphatic carbocycles. The molecule has 1 aromatic rings. The van der Waals surface area contributed by atoms with Crippen LogP contribution in [0, 0.1) is 0 Å². The van der Waals surface area contributed by atoms with Crippen molar-refractivity contribution in [2.45, 2.75) is 26.2 Å². The number of hydrogen-bond acceptors (Lipinski definition) is 2. The molecule has 0 saturated heterocycles. The van der Waals surface area contributed by atoms with Crippen LogP contribution in [-0.2, 0) is 11.2 Å². The number of nitrogens with two attached hydrogens (primary N) is 1. The summed E-state index contributed by atoms with van der Waals surface area (Å²) in [7, 11) is 0. The summed E-state index contributed by atoms with van der Waals surface area (Å²) in [6, 6.07) is 5.90. The Kier molecular flexibility index (Phi) is 3.07. The lowest BCUT2D eigenvalue weighted by Crippen LogP contribution is -2.01. The number of carbonyl (C=O) groups excluding carboxylic acids is 1. The van der Waals surface area contributed by atoms with Gasteiger partial charge in [-0.05, 0) is 23.6 Å². The van der Waals surface area contributed by atoms with Gasteiger partial charge in [0, 0.05) is 11.6 Å². The van der Waals surface area contributed by atoms with Gasteiger partial charge in [-0.3, -0.25) is 0 Å². The summed E-state index contributed by atoms with van der Waals surface area (Å²) in [4.78, 5) is 10.6.